The summed E-state index contributed by atoms with van der Waals surface area (Å²) >= 11 is 1.63. The van der Waals surface area contributed by atoms with Crippen LogP contribution < -0.4 is 0 Å². The normalized spacial score (nSPS) is 15.1. The van der Waals surface area contributed by atoms with Crippen molar-refractivity contribution >= 4 is 27.5 Å². The van der Waals surface area contributed by atoms with Crippen molar-refractivity contribution in [3.8, 4) is 0 Å². The molecule has 1 aromatic carbocycles. The van der Waals surface area contributed by atoms with Crippen LogP contribution in [0.4, 0.5) is 4.39 Å². The number of hydrogen-bond acceptors (Lipinski definition) is 4. The number of carbonyl (C=O) groups is 1. The van der Waals surface area contributed by atoms with E-state index in [-0.39, 0.29) is 11.7 Å². The lowest BCUT2D eigenvalue weighted by Gasteiger charge is -2.28. The van der Waals surface area contributed by atoms with Gasteiger partial charge in [0, 0.05) is 39.8 Å². The third-order valence-corrected chi connectivity index (χ3v) is 6.29. The lowest BCUT2D eigenvalue weighted by Crippen LogP contribution is -2.39. The molecule has 1 aliphatic rings. The van der Waals surface area contributed by atoms with Crippen LogP contribution in [0, 0.1) is 5.82 Å². The number of carbonyl (C=O) groups excluding carboxylic acids is 1. The van der Waals surface area contributed by atoms with Crippen molar-refractivity contribution in [2.24, 2.45) is 7.05 Å². The highest BCUT2D eigenvalue weighted by atomic mass is 32.1. The Morgan fingerprint density at radius 1 is 1.24 bits per heavy atom. The van der Waals surface area contributed by atoms with Crippen molar-refractivity contribution in [3.63, 3.8) is 0 Å². The van der Waals surface area contributed by atoms with Gasteiger partial charge in [-0.1, -0.05) is 12.1 Å². The lowest BCUT2D eigenvalue weighted by atomic mass is 10.2. The van der Waals surface area contributed by atoms with Gasteiger partial charge in [-0.2, -0.15) is 0 Å². The van der Waals surface area contributed by atoms with E-state index in [9.17, 15) is 9.18 Å². The molecule has 0 radical (unpaired) electrons. The second kappa shape index (κ2) is 9.07. The average Bonchev–Trinajstić information content (AvgIpc) is 3.31. The van der Waals surface area contributed by atoms with E-state index in [2.05, 4.69) is 4.90 Å². The maximum atomic E-state index is 13.7. The molecule has 1 fully saturated rings. The third kappa shape index (κ3) is 4.69. The molecular weight excluding hydrogens is 389 g/mol. The van der Waals surface area contributed by atoms with E-state index < -0.39 is 0 Å². The van der Waals surface area contributed by atoms with Crippen LogP contribution in [0.1, 0.15) is 22.5 Å². The van der Waals surface area contributed by atoms with Crippen LogP contribution in [0.5, 0.6) is 0 Å². The minimum absolute atomic E-state index is 0.0119. The molecule has 1 amide bonds. The number of aromatic nitrogens is 1. The van der Waals surface area contributed by atoms with E-state index in [1.54, 1.807) is 17.4 Å². The van der Waals surface area contributed by atoms with Crippen LogP contribution in [0.25, 0.3) is 10.2 Å². The summed E-state index contributed by atoms with van der Waals surface area (Å²) in [5.74, 6) is -0.287. The van der Waals surface area contributed by atoms with Crippen LogP contribution in [0.3, 0.4) is 0 Å². The van der Waals surface area contributed by atoms with Crippen LogP contribution in [-0.2, 0) is 18.3 Å². The van der Waals surface area contributed by atoms with Gasteiger partial charge < -0.3 is 14.2 Å². The Bertz CT molecular complexity index is 978. The highest BCUT2D eigenvalue weighted by Gasteiger charge is 2.21. The first-order chi connectivity index (χ1) is 14.1. The fourth-order valence-electron chi connectivity index (χ4n) is 3.84. The lowest BCUT2D eigenvalue weighted by molar-refractivity contribution is 0.0355. The molecule has 0 atom stereocenters. The largest absolute Gasteiger partial charge is 0.379 e. The zero-order valence-corrected chi connectivity index (χ0v) is 17.5. The second-order valence-electron chi connectivity index (χ2n) is 7.42. The maximum absolute atomic E-state index is 13.7. The molecule has 29 heavy (non-hydrogen) atoms. The van der Waals surface area contributed by atoms with E-state index in [1.165, 1.54) is 12.1 Å². The van der Waals surface area contributed by atoms with Crippen LogP contribution in [-0.4, -0.2) is 59.7 Å². The number of hydrogen-bond donors (Lipinski definition) is 0. The first kappa shape index (κ1) is 20.1. The van der Waals surface area contributed by atoms with Crippen LogP contribution >= 0.6 is 11.3 Å². The number of thiophene rings is 1. The topological polar surface area (TPSA) is 37.7 Å². The molecule has 2 aromatic heterocycles. The Hall–Kier alpha value is -2.22. The molecular formula is C22H26FN3O2S. The van der Waals surface area contributed by atoms with E-state index in [1.807, 2.05) is 40.1 Å². The smallest absolute Gasteiger partial charge is 0.270 e. The third-order valence-electron chi connectivity index (χ3n) is 5.44. The van der Waals surface area contributed by atoms with Crippen molar-refractivity contribution < 1.29 is 13.9 Å². The summed E-state index contributed by atoms with van der Waals surface area (Å²) < 4.78 is 22.1. The number of morpholine rings is 1. The van der Waals surface area contributed by atoms with Crippen molar-refractivity contribution in [3.05, 3.63) is 58.9 Å². The quantitative estimate of drug-likeness (QED) is 0.590. The minimum atomic E-state index is -0.275. The van der Waals surface area contributed by atoms with Gasteiger partial charge in [-0.3, -0.25) is 9.69 Å². The molecule has 0 saturated carbocycles. The summed E-state index contributed by atoms with van der Waals surface area (Å²) in [4.78, 5) is 17.6. The van der Waals surface area contributed by atoms with Crippen molar-refractivity contribution in [2.45, 2.75) is 13.0 Å². The molecule has 154 valence electrons. The molecule has 0 unspecified atom stereocenters. The fraction of sp³-hybridized carbons (Fsp3) is 0.409. The number of benzene rings is 1. The standard InChI is InChI=1S/C22H26FN3O2S/c1-24-19-6-13-29-21(19)15-20(24)22(27)26(16-17-4-2-5-18(23)14-17)8-3-7-25-9-11-28-12-10-25/h2,4-6,13-15H,3,7-12,16H2,1H3. The van der Waals surface area contributed by atoms with Gasteiger partial charge in [-0.15, -0.1) is 11.3 Å². The summed E-state index contributed by atoms with van der Waals surface area (Å²) in [5.41, 5.74) is 2.55. The average molecular weight is 416 g/mol. The zero-order chi connectivity index (χ0) is 20.2. The van der Waals surface area contributed by atoms with E-state index in [0.29, 0.717) is 18.8 Å². The monoisotopic (exact) mass is 415 g/mol. The Kier molecular flexibility index (Phi) is 6.28. The fourth-order valence-corrected chi connectivity index (χ4v) is 4.68. The van der Waals surface area contributed by atoms with Gasteiger partial charge in [-0.05, 0) is 41.6 Å². The van der Waals surface area contributed by atoms with Crippen molar-refractivity contribution in [1.29, 1.82) is 0 Å². The zero-order valence-electron chi connectivity index (χ0n) is 16.6. The van der Waals surface area contributed by atoms with Crippen molar-refractivity contribution in [1.82, 2.24) is 14.4 Å². The van der Waals surface area contributed by atoms with Gasteiger partial charge in [0.2, 0.25) is 0 Å². The van der Waals surface area contributed by atoms with E-state index in [0.717, 1.165) is 55.0 Å². The number of halogens is 1. The van der Waals surface area contributed by atoms with Crippen LogP contribution in [0.2, 0.25) is 0 Å². The molecule has 0 aliphatic carbocycles. The Labute approximate surface area is 174 Å². The predicted octanol–water partition coefficient (Wildman–Crippen LogP) is 3.74. The number of nitrogens with zero attached hydrogens (tertiary/aromatic N) is 3. The summed E-state index contributed by atoms with van der Waals surface area (Å²) in [7, 11) is 1.93. The van der Waals surface area contributed by atoms with Gasteiger partial charge >= 0.3 is 0 Å². The Balaban J connectivity index is 1.50. The Morgan fingerprint density at radius 3 is 2.83 bits per heavy atom. The van der Waals surface area contributed by atoms with E-state index >= 15 is 0 Å². The maximum Gasteiger partial charge on any atom is 0.270 e. The molecule has 1 aliphatic heterocycles. The number of rotatable bonds is 7. The van der Waals surface area contributed by atoms with Crippen LogP contribution in [0.15, 0.2) is 41.8 Å². The summed E-state index contributed by atoms with van der Waals surface area (Å²) in [6.07, 6.45) is 0.875. The molecule has 5 nitrogen and oxygen atoms in total. The van der Waals surface area contributed by atoms with Gasteiger partial charge in [0.05, 0.1) is 23.4 Å². The molecule has 3 aromatic rings. The Morgan fingerprint density at radius 2 is 2.07 bits per heavy atom. The van der Waals surface area contributed by atoms with Crippen molar-refractivity contribution in [2.75, 3.05) is 39.4 Å². The highest BCUT2D eigenvalue weighted by molar-refractivity contribution is 7.17. The first-order valence-electron chi connectivity index (χ1n) is 9.98. The molecule has 1 saturated heterocycles. The molecule has 0 spiro atoms. The van der Waals surface area contributed by atoms with Gasteiger partial charge in [0.15, 0.2) is 0 Å². The molecule has 0 N–H and O–H groups in total. The molecule has 3 heterocycles. The van der Waals surface area contributed by atoms with E-state index in [4.69, 9.17) is 4.74 Å². The highest BCUT2D eigenvalue weighted by Crippen LogP contribution is 2.25. The van der Waals surface area contributed by atoms with Gasteiger partial charge in [-0.25, -0.2) is 4.39 Å². The summed E-state index contributed by atoms with van der Waals surface area (Å²) in [5, 5.41) is 2.03. The first-order valence-corrected chi connectivity index (χ1v) is 10.9. The number of fused-ring (bicyclic) bond motifs is 1. The van der Waals surface area contributed by atoms with Gasteiger partial charge in [0.1, 0.15) is 11.5 Å². The number of aryl methyl sites for hydroxylation is 1. The molecule has 7 heteroatoms. The predicted molar refractivity (Wildman–Crippen MR) is 114 cm³/mol. The summed E-state index contributed by atoms with van der Waals surface area (Å²) in [6, 6.07) is 10.5. The second-order valence-corrected chi connectivity index (χ2v) is 8.37. The molecule has 4 rings (SSSR count). The SMILES string of the molecule is Cn1c(C(=O)N(CCCN2CCOCC2)Cc2cccc(F)c2)cc2sccc21. The minimum Gasteiger partial charge on any atom is -0.379 e. The van der Waals surface area contributed by atoms with Gasteiger partial charge in [0.25, 0.3) is 5.91 Å². The number of ether oxygens (including phenoxy) is 1. The number of amides is 1. The summed E-state index contributed by atoms with van der Waals surface area (Å²) in [6.45, 7) is 5.37. The molecule has 0 bridgehead atoms.